The molecule has 0 saturated carbocycles. The third-order valence-electron chi connectivity index (χ3n) is 3.00. The van der Waals surface area contributed by atoms with Gasteiger partial charge in [0.15, 0.2) is 0 Å². The number of rotatable bonds is 2. The van der Waals surface area contributed by atoms with Crippen LogP contribution in [0.25, 0.3) is 0 Å². The highest BCUT2D eigenvalue weighted by Gasteiger charge is 2.61. The van der Waals surface area contributed by atoms with Gasteiger partial charge in [0.25, 0.3) is 5.92 Å². The Labute approximate surface area is 105 Å². The lowest BCUT2D eigenvalue weighted by Crippen LogP contribution is -2.53. The van der Waals surface area contributed by atoms with Gasteiger partial charge in [-0.3, -0.25) is 4.21 Å². The van der Waals surface area contributed by atoms with Crippen molar-refractivity contribution in [2.75, 3.05) is 0 Å². The molecule has 0 spiro atoms. The van der Waals surface area contributed by atoms with Crippen LogP contribution < -0.4 is 0 Å². The first kappa shape index (κ1) is 13.3. The van der Waals surface area contributed by atoms with E-state index in [9.17, 15) is 21.9 Å². The van der Waals surface area contributed by atoms with Crippen molar-refractivity contribution in [2.24, 2.45) is 0 Å². The molecule has 18 heavy (non-hydrogen) atoms. The van der Waals surface area contributed by atoms with E-state index in [2.05, 4.69) is 0 Å². The van der Waals surface area contributed by atoms with Gasteiger partial charge in [0.05, 0.1) is 5.92 Å². The highest BCUT2D eigenvalue weighted by molar-refractivity contribution is 7.80. The highest BCUT2D eigenvalue weighted by Crippen LogP contribution is 2.50. The summed E-state index contributed by atoms with van der Waals surface area (Å²) in [6, 6.07) is 7.59. The van der Waals surface area contributed by atoms with Crippen LogP contribution >= 0.6 is 0 Å². The van der Waals surface area contributed by atoms with Gasteiger partial charge in [-0.15, -0.1) is 0 Å². The van der Waals surface area contributed by atoms with Crippen molar-refractivity contribution in [3.8, 4) is 0 Å². The summed E-state index contributed by atoms with van der Waals surface area (Å²) in [5.41, 5.74) is 0.208. The predicted octanol–water partition coefficient (Wildman–Crippen LogP) is 2.91. The minimum Gasteiger partial charge on any atom is -0.770 e. The smallest absolute Gasteiger partial charge is 0.296 e. The summed E-state index contributed by atoms with van der Waals surface area (Å²) < 4.78 is 63.6. The third kappa shape index (κ3) is 1.89. The number of alkyl halides is 3. The van der Waals surface area contributed by atoms with Gasteiger partial charge < -0.3 is 4.55 Å². The van der Waals surface area contributed by atoms with Crippen LogP contribution in [0.15, 0.2) is 42.5 Å². The Morgan fingerprint density at radius 1 is 1.22 bits per heavy atom. The summed E-state index contributed by atoms with van der Waals surface area (Å²) in [6.45, 7) is 0. The number of halogens is 3. The minimum atomic E-state index is -3.94. The fourth-order valence-electron chi connectivity index (χ4n) is 2.05. The maximum atomic E-state index is 14.4. The van der Waals surface area contributed by atoms with Crippen LogP contribution in [0.1, 0.15) is 17.9 Å². The molecule has 0 heterocycles. The molecule has 1 aromatic carbocycles. The van der Waals surface area contributed by atoms with Crippen molar-refractivity contribution in [3.05, 3.63) is 48.0 Å². The molecule has 0 radical (unpaired) electrons. The zero-order valence-corrected chi connectivity index (χ0v) is 10.0. The molecule has 1 aliphatic carbocycles. The van der Waals surface area contributed by atoms with Gasteiger partial charge in [-0.25, -0.2) is 13.2 Å². The first-order chi connectivity index (χ1) is 8.39. The summed E-state index contributed by atoms with van der Waals surface area (Å²) in [5, 5.41) is -3.61. The van der Waals surface area contributed by atoms with Crippen LogP contribution in [-0.4, -0.2) is 19.7 Å². The molecule has 2 nitrogen and oxygen atoms in total. The monoisotopic (exact) mass is 275 g/mol. The lowest BCUT2D eigenvalue weighted by molar-refractivity contribution is -0.103. The minimum absolute atomic E-state index is 0.208. The number of hydrogen-bond donors (Lipinski definition) is 0. The second kappa shape index (κ2) is 4.51. The summed E-state index contributed by atoms with van der Waals surface area (Å²) in [6.07, 6.45) is 1.38. The molecule has 0 aliphatic heterocycles. The summed E-state index contributed by atoms with van der Waals surface area (Å²) in [7, 11) is 0. The van der Waals surface area contributed by atoms with E-state index in [1.165, 1.54) is 18.2 Å². The SMILES string of the molecule is O=S([O-])C1(F)C(c2ccccc2)C=CCC1(F)F. The molecule has 98 valence electrons. The Bertz CT molecular complexity index is 489. The number of allylic oxidation sites excluding steroid dienone is 2. The van der Waals surface area contributed by atoms with Gasteiger partial charge in [0, 0.05) is 6.42 Å². The molecule has 0 bridgehead atoms. The zero-order valence-electron chi connectivity index (χ0n) is 9.18. The lowest BCUT2D eigenvalue weighted by Gasteiger charge is -2.41. The average Bonchev–Trinajstić information content (AvgIpc) is 2.33. The van der Waals surface area contributed by atoms with E-state index in [1.807, 2.05) is 0 Å². The molecule has 0 N–H and O–H groups in total. The van der Waals surface area contributed by atoms with Crippen molar-refractivity contribution < 1.29 is 21.9 Å². The van der Waals surface area contributed by atoms with Crippen LogP contribution in [0.4, 0.5) is 13.2 Å². The van der Waals surface area contributed by atoms with E-state index in [0.717, 1.165) is 6.08 Å². The fourth-order valence-corrected chi connectivity index (χ4v) is 2.80. The molecular formula is C12H10F3O2S-. The second-order valence-electron chi connectivity index (χ2n) is 4.10. The van der Waals surface area contributed by atoms with Crippen molar-refractivity contribution in [1.82, 2.24) is 0 Å². The van der Waals surface area contributed by atoms with Crippen LogP contribution in [0.5, 0.6) is 0 Å². The number of benzene rings is 1. The van der Waals surface area contributed by atoms with Gasteiger partial charge in [-0.2, -0.15) is 0 Å². The molecule has 0 aromatic heterocycles. The van der Waals surface area contributed by atoms with E-state index < -0.39 is 34.3 Å². The quantitative estimate of drug-likeness (QED) is 0.615. The van der Waals surface area contributed by atoms with Crippen molar-refractivity contribution in [2.45, 2.75) is 23.3 Å². The van der Waals surface area contributed by atoms with Crippen molar-refractivity contribution >= 4 is 11.1 Å². The Balaban J connectivity index is 2.55. The van der Waals surface area contributed by atoms with E-state index in [-0.39, 0.29) is 5.56 Å². The molecule has 0 amide bonds. The summed E-state index contributed by atoms with van der Waals surface area (Å²) in [5.74, 6) is -5.43. The van der Waals surface area contributed by atoms with Crippen LogP contribution in [0, 0.1) is 0 Å². The van der Waals surface area contributed by atoms with Crippen molar-refractivity contribution in [1.29, 1.82) is 0 Å². The van der Waals surface area contributed by atoms with Gasteiger partial charge in [0.2, 0.25) is 5.00 Å². The third-order valence-corrected chi connectivity index (χ3v) is 4.04. The van der Waals surface area contributed by atoms with Gasteiger partial charge >= 0.3 is 0 Å². The largest absolute Gasteiger partial charge is 0.770 e. The van der Waals surface area contributed by atoms with E-state index in [0.29, 0.717) is 0 Å². The Kier molecular flexibility index (Phi) is 3.33. The standard InChI is InChI=1S/C12H11F3O2S/c13-11(14)8-4-7-10(12(11,15)18(16)17)9-5-2-1-3-6-9/h1-7,10H,8H2,(H,16,17)/p-1. The topological polar surface area (TPSA) is 40.1 Å². The Hall–Kier alpha value is -1.14. The first-order valence-electron chi connectivity index (χ1n) is 5.27. The van der Waals surface area contributed by atoms with Gasteiger partial charge in [-0.05, 0) is 16.6 Å². The molecule has 1 aromatic rings. The molecule has 0 saturated heterocycles. The maximum absolute atomic E-state index is 14.4. The molecule has 3 atom stereocenters. The summed E-state index contributed by atoms with van der Waals surface area (Å²) in [4.78, 5) is 0. The second-order valence-corrected chi connectivity index (χ2v) is 5.17. The first-order valence-corrected chi connectivity index (χ1v) is 6.35. The van der Waals surface area contributed by atoms with Gasteiger partial charge in [-0.1, -0.05) is 42.5 Å². The van der Waals surface area contributed by atoms with E-state index in [1.54, 1.807) is 18.2 Å². The van der Waals surface area contributed by atoms with Gasteiger partial charge in [0.1, 0.15) is 0 Å². The Morgan fingerprint density at radius 2 is 1.83 bits per heavy atom. The normalized spacial score (nSPS) is 32.1. The lowest BCUT2D eigenvalue weighted by atomic mass is 9.84. The molecule has 0 fully saturated rings. The van der Waals surface area contributed by atoms with Crippen LogP contribution in [-0.2, 0) is 11.1 Å². The number of hydrogen-bond acceptors (Lipinski definition) is 2. The molecule has 2 rings (SSSR count). The van der Waals surface area contributed by atoms with E-state index in [4.69, 9.17) is 0 Å². The molecule has 6 heteroatoms. The zero-order chi connectivity index (χ0) is 13.4. The molecular weight excluding hydrogens is 265 g/mol. The summed E-state index contributed by atoms with van der Waals surface area (Å²) >= 11 is -3.54. The van der Waals surface area contributed by atoms with Crippen molar-refractivity contribution in [3.63, 3.8) is 0 Å². The predicted molar refractivity (Wildman–Crippen MR) is 60.6 cm³/mol. The van der Waals surface area contributed by atoms with Crippen LogP contribution in [0.3, 0.4) is 0 Å². The maximum Gasteiger partial charge on any atom is 0.296 e. The molecule has 3 unspecified atom stereocenters. The Morgan fingerprint density at radius 3 is 2.39 bits per heavy atom. The molecule has 1 aliphatic rings. The van der Waals surface area contributed by atoms with E-state index >= 15 is 0 Å². The average molecular weight is 275 g/mol. The van der Waals surface area contributed by atoms with Crippen LogP contribution in [0.2, 0.25) is 0 Å². The highest BCUT2D eigenvalue weighted by atomic mass is 32.2. The fraction of sp³-hybridized carbons (Fsp3) is 0.333.